The first kappa shape index (κ1) is 16.2. The van der Waals surface area contributed by atoms with Gasteiger partial charge in [0, 0.05) is 0 Å². The predicted molar refractivity (Wildman–Crippen MR) is 75.9 cm³/mol. The number of rotatable bonds is 2. The Morgan fingerprint density at radius 1 is 1.18 bits per heavy atom. The summed E-state index contributed by atoms with van der Waals surface area (Å²) in [6, 6.07) is 2.72. The van der Waals surface area contributed by atoms with Crippen molar-refractivity contribution in [2.24, 2.45) is 0 Å². The Bertz CT molecular complexity index is 712. The van der Waals surface area contributed by atoms with Crippen LogP contribution in [0, 0.1) is 13.8 Å². The van der Waals surface area contributed by atoms with Crippen LogP contribution in [0.1, 0.15) is 27.3 Å². The molecule has 0 fully saturated rings. The van der Waals surface area contributed by atoms with Gasteiger partial charge in [-0.25, -0.2) is 9.97 Å². The normalized spacial score (nSPS) is 11.4. The minimum absolute atomic E-state index is 0.00788. The van der Waals surface area contributed by atoms with Crippen LogP contribution in [-0.4, -0.2) is 15.9 Å². The average molecular weight is 330 g/mol. The van der Waals surface area contributed by atoms with Crippen molar-refractivity contribution in [1.29, 1.82) is 0 Å². The zero-order valence-corrected chi connectivity index (χ0v) is 12.4. The molecule has 1 amide bonds. The molecule has 0 saturated carbocycles. The molecule has 0 radical (unpaired) electrons. The van der Waals surface area contributed by atoms with Gasteiger partial charge in [0.25, 0.3) is 5.91 Å². The number of anilines is 1. The quantitative estimate of drug-likeness (QED) is 0.905. The van der Waals surface area contributed by atoms with Gasteiger partial charge in [-0.05, 0) is 32.0 Å². The molecule has 8 heteroatoms. The molecule has 1 aromatic heterocycles. The highest BCUT2D eigenvalue weighted by Gasteiger charge is 2.31. The highest BCUT2D eigenvalue weighted by molar-refractivity contribution is 6.34. The topological polar surface area (TPSA) is 54.9 Å². The van der Waals surface area contributed by atoms with E-state index in [9.17, 15) is 18.0 Å². The Balaban J connectivity index is 2.37. The summed E-state index contributed by atoms with van der Waals surface area (Å²) >= 11 is 5.84. The van der Waals surface area contributed by atoms with Gasteiger partial charge < -0.3 is 5.32 Å². The number of nitrogens with zero attached hydrogens (tertiary/aromatic N) is 2. The molecule has 2 rings (SSSR count). The minimum Gasteiger partial charge on any atom is -0.321 e. The number of amides is 1. The second-order valence-corrected chi connectivity index (χ2v) is 4.97. The molecular weight excluding hydrogens is 319 g/mol. The molecule has 1 N–H and O–H groups in total. The molecule has 0 aliphatic rings. The first-order chi connectivity index (χ1) is 10.2. The van der Waals surface area contributed by atoms with E-state index in [4.69, 9.17) is 11.6 Å². The zero-order valence-electron chi connectivity index (χ0n) is 11.6. The van der Waals surface area contributed by atoms with Crippen molar-refractivity contribution in [2.75, 3.05) is 5.32 Å². The van der Waals surface area contributed by atoms with E-state index in [0.29, 0.717) is 11.4 Å². The van der Waals surface area contributed by atoms with E-state index in [1.54, 1.807) is 13.8 Å². The van der Waals surface area contributed by atoms with Gasteiger partial charge in [-0.15, -0.1) is 0 Å². The summed E-state index contributed by atoms with van der Waals surface area (Å²) < 4.78 is 38.1. The minimum atomic E-state index is -4.52. The van der Waals surface area contributed by atoms with Gasteiger partial charge in [0.05, 0.1) is 33.2 Å². The molecule has 0 unspecified atom stereocenters. The molecule has 0 atom stereocenters. The summed E-state index contributed by atoms with van der Waals surface area (Å²) in [6.45, 7) is 3.22. The summed E-state index contributed by atoms with van der Waals surface area (Å²) in [6.07, 6.45) is -3.22. The van der Waals surface area contributed by atoms with Gasteiger partial charge >= 0.3 is 6.18 Å². The molecule has 22 heavy (non-hydrogen) atoms. The van der Waals surface area contributed by atoms with Crippen LogP contribution in [0.2, 0.25) is 5.02 Å². The third-order valence-electron chi connectivity index (χ3n) is 3.00. The molecule has 0 saturated heterocycles. The van der Waals surface area contributed by atoms with Crippen molar-refractivity contribution in [3.63, 3.8) is 0 Å². The van der Waals surface area contributed by atoms with Gasteiger partial charge in [-0.2, -0.15) is 13.2 Å². The second-order valence-electron chi connectivity index (χ2n) is 4.57. The average Bonchev–Trinajstić information content (AvgIpc) is 2.39. The number of carbonyl (C=O) groups excluding carboxylic acids is 1. The number of benzene rings is 1. The van der Waals surface area contributed by atoms with E-state index < -0.39 is 17.6 Å². The van der Waals surface area contributed by atoms with Crippen LogP contribution in [0.15, 0.2) is 24.5 Å². The Morgan fingerprint density at radius 3 is 2.32 bits per heavy atom. The lowest BCUT2D eigenvalue weighted by molar-refractivity contribution is -0.137. The molecule has 0 bridgehead atoms. The first-order valence-electron chi connectivity index (χ1n) is 6.16. The van der Waals surface area contributed by atoms with Crippen LogP contribution in [0.4, 0.5) is 18.9 Å². The van der Waals surface area contributed by atoms with Crippen molar-refractivity contribution in [2.45, 2.75) is 20.0 Å². The molecule has 4 nitrogen and oxygen atoms in total. The molecule has 0 aliphatic heterocycles. The maximum atomic E-state index is 12.7. The van der Waals surface area contributed by atoms with Crippen molar-refractivity contribution in [1.82, 2.24) is 9.97 Å². The van der Waals surface area contributed by atoms with Gasteiger partial charge in [0.2, 0.25) is 0 Å². The third kappa shape index (κ3) is 3.36. The van der Waals surface area contributed by atoms with Crippen LogP contribution in [0.5, 0.6) is 0 Å². The van der Waals surface area contributed by atoms with E-state index in [1.807, 2.05) is 0 Å². The maximum Gasteiger partial charge on any atom is 0.416 e. The standard InChI is InChI=1S/C14H11ClF3N3O/c1-7-12(8(2)20-6-19-7)13(22)21-11-5-9(14(16,17)18)3-4-10(11)15/h3-6H,1-2H3,(H,21,22). The Hall–Kier alpha value is -2.15. The fourth-order valence-electron chi connectivity index (χ4n) is 1.90. The lowest BCUT2D eigenvalue weighted by Crippen LogP contribution is -2.17. The summed E-state index contributed by atoms with van der Waals surface area (Å²) in [5.74, 6) is -0.614. The predicted octanol–water partition coefficient (Wildman–Crippen LogP) is 4.02. The number of hydrogen-bond donors (Lipinski definition) is 1. The van der Waals surface area contributed by atoms with Crippen LogP contribution >= 0.6 is 11.6 Å². The lowest BCUT2D eigenvalue weighted by Gasteiger charge is -2.13. The van der Waals surface area contributed by atoms with Crippen LogP contribution in [0.3, 0.4) is 0 Å². The largest absolute Gasteiger partial charge is 0.416 e. The third-order valence-corrected chi connectivity index (χ3v) is 3.32. The van der Waals surface area contributed by atoms with Crippen LogP contribution in [0.25, 0.3) is 0 Å². The van der Waals surface area contributed by atoms with Crippen molar-refractivity contribution in [3.05, 3.63) is 52.1 Å². The van der Waals surface area contributed by atoms with Gasteiger partial charge in [0.1, 0.15) is 6.33 Å². The van der Waals surface area contributed by atoms with Gasteiger partial charge in [-0.1, -0.05) is 11.6 Å². The molecule has 2 aromatic rings. The molecule has 0 aliphatic carbocycles. The maximum absolute atomic E-state index is 12.7. The fraction of sp³-hybridized carbons (Fsp3) is 0.214. The molecular formula is C14H11ClF3N3O. The Kier molecular flexibility index (Phi) is 4.37. The Labute approximate surface area is 129 Å². The van der Waals surface area contributed by atoms with E-state index in [1.165, 1.54) is 6.33 Å². The van der Waals surface area contributed by atoms with Crippen molar-refractivity contribution in [3.8, 4) is 0 Å². The highest BCUT2D eigenvalue weighted by Crippen LogP contribution is 2.34. The smallest absolute Gasteiger partial charge is 0.321 e. The number of nitrogens with one attached hydrogen (secondary N) is 1. The molecule has 1 heterocycles. The summed E-state index contributed by atoms with van der Waals surface area (Å²) in [5.41, 5.74) is 0.0336. The SMILES string of the molecule is Cc1ncnc(C)c1C(=O)Nc1cc(C(F)(F)F)ccc1Cl. The molecule has 116 valence electrons. The number of halogens is 4. The summed E-state index contributed by atoms with van der Waals surface area (Å²) in [5, 5.41) is 2.38. The Morgan fingerprint density at radius 2 is 1.77 bits per heavy atom. The second kappa shape index (κ2) is 5.92. The first-order valence-corrected chi connectivity index (χ1v) is 6.54. The van der Waals surface area contributed by atoms with E-state index in [-0.39, 0.29) is 16.3 Å². The molecule has 0 spiro atoms. The summed E-state index contributed by atoms with van der Waals surface area (Å²) in [7, 11) is 0. The van der Waals surface area contributed by atoms with E-state index in [0.717, 1.165) is 18.2 Å². The number of carbonyl (C=O) groups is 1. The number of aromatic nitrogens is 2. The highest BCUT2D eigenvalue weighted by atomic mass is 35.5. The zero-order chi connectivity index (χ0) is 16.5. The number of alkyl halides is 3. The fourth-order valence-corrected chi connectivity index (χ4v) is 2.07. The van der Waals surface area contributed by atoms with Gasteiger partial charge in [0.15, 0.2) is 0 Å². The lowest BCUT2D eigenvalue weighted by atomic mass is 10.1. The van der Waals surface area contributed by atoms with E-state index in [2.05, 4.69) is 15.3 Å². The van der Waals surface area contributed by atoms with Crippen LogP contribution in [-0.2, 0) is 6.18 Å². The monoisotopic (exact) mass is 329 g/mol. The summed E-state index contributed by atoms with van der Waals surface area (Å²) in [4.78, 5) is 20.0. The van der Waals surface area contributed by atoms with E-state index >= 15 is 0 Å². The molecule has 1 aromatic carbocycles. The number of aryl methyl sites for hydroxylation is 2. The number of hydrogen-bond acceptors (Lipinski definition) is 3. The van der Waals surface area contributed by atoms with Crippen LogP contribution < -0.4 is 5.32 Å². The van der Waals surface area contributed by atoms with Gasteiger partial charge in [-0.3, -0.25) is 4.79 Å². The van der Waals surface area contributed by atoms with Crippen molar-refractivity contribution < 1.29 is 18.0 Å². The van der Waals surface area contributed by atoms with Crippen molar-refractivity contribution >= 4 is 23.2 Å².